The van der Waals surface area contributed by atoms with Crippen LogP contribution < -0.4 is 4.74 Å². The summed E-state index contributed by atoms with van der Waals surface area (Å²) >= 11 is 0. The van der Waals surface area contributed by atoms with E-state index in [-0.39, 0.29) is 6.10 Å². The molecule has 4 nitrogen and oxygen atoms in total. The molecule has 0 bridgehead atoms. The summed E-state index contributed by atoms with van der Waals surface area (Å²) in [5, 5.41) is 9.07. The molecule has 1 N–H and O–H groups in total. The van der Waals surface area contributed by atoms with Crippen LogP contribution in [0.15, 0.2) is 24.3 Å². The van der Waals surface area contributed by atoms with E-state index in [0.717, 1.165) is 11.3 Å². The number of rotatable bonds is 7. The first-order valence-corrected chi connectivity index (χ1v) is 6.13. The van der Waals surface area contributed by atoms with Gasteiger partial charge in [-0.1, -0.05) is 12.1 Å². The van der Waals surface area contributed by atoms with Crippen LogP contribution in [-0.4, -0.2) is 29.9 Å². The van der Waals surface area contributed by atoms with E-state index >= 15 is 0 Å². The third-order valence-electron chi connectivity index (χ3n) is 2.37. The van der Waals surface area contributed by atoms with Crippen molar-refractivity contribution in [2.24, 2.45) is 0 Å². The Morgan fingerprint density at radius 3 is 2.33 bits per heavy atom. The fraction of sp³-hybridized carbons (Fsp3) is 0.500. The van der Waals surface area contributed by atoms with Gasteiger partial charge in [-0.3, -0.25) is 0 Å². The Morgan fingerprint density at radius 2 is 1.89 bits per heavy atom. The standard InChI is InChI=1S/C14H20O4/c1-4-17-12-7-5-11(6-8-12)9-13(14(15)16)18-10(2)3/h5-8,10,13H,4,9H2,1-3H3,(H,15,16)/t13-/m0/s1. The molecule has 0 aliphatic rings. The highest BCUT2D eigenvalue weighted by Crippen LogP contribution is 2.15. The second-order valence-corrected chi connectivity index (χ2v) is 4.29. The first kappa shape index (κ1) is 14.5. The van der Waals surface area contributed by atoms with Gasteiger partial charge in [-0.25, -0.2) is 4.79 Å². The van der Waals surface area contributed by atoms with Crippen LogP contribution in [0, 0.1) is 0 Å². The molecule has 1 atom stereocenters. The van der Waals surface area contributed by atoms with E-state index in [1.54, 1.807) is 0 Å². The van der Waals surface area contributed by atoms with Crippen molar-refractivity contribution in [3.8, 4) is 5.75 Å². The largest absolute Gasteiger partial charge is 0.494 e. The molecule has 0 amide bonds. The van der Waals surface area contributed by atoms with Crippen molar-refractivity contribution in [2.75, 3.05) is 6.61 Å². The Hall–Kier alpha value is -1.55. The first-order valence-electron chi connectivity index (χ1n) is 6.13. The molecule has 4 heteroatoms. The van der Waals surface area contributed by atoms with Crippen LogP contribution in [0.1, 0.15) is 26.3 Å². The molecule has 0 unspecified atom stereocenters. The highest BCUT2D eigenvalue weighted by atomic mass is 16.5. The first-order chi connectivity index (χ1) is 8.52. The van der Waals surface area contributed by atoms with Crippen LogP contribution in [-0.2, 0) is 16.0 Å². The zero-order valence-electron chi connectivity index (χ0n) is 11.1. The fourth-order valence-corrected chi connectivity index (χ4v) is 1.62. The minimum Gasteiger partial charge on any atom is -0.494 e. The maximum absolute atomic E-state index is 11.1. The lowest BCUT2D eigenvalue weighted by molar-refractivity contribution is -0.153. The summed E-state index contributed by atoms with van der Waals surface area (Å²) in [5.74, 6) is -0.143. The SMILES string of the molecule is CCOc1ccc(C[C@H](OC(C)C)C(=O)O)cc1. The van der Waals surface area contributed by atoms with Crippen LogP contribution >= 0.6 is 0 Å². The minimum absolute atomic E-state index is 0.103. The van der Waals surface area contributed by atoms with E-state index in [4.69, 9.17) is 14.6 Å². The molecule has 0 radical (unpaired) electrons. The number of carboxylic acid groups (broad SMARTS) is 1. The van der Waals surface area contributed by atoms with E-state index in [1.165, 1.54) is 0 Å². The summed E-state index contributed by atoms with van der Waals surface area (Å²) in [6.45, 7) is 6.20. The van der Waals surface area contributed by atoms with Crippen LogP contribution in [0.3, 0.4) is 0 Å². The molecule has 0 fully saturated rings. The quantitative estimate of drug-likeness (QED) is 0.810. The molecule has 0 spiro atoms. The third kappa shape index (κ3) is 4.75. The van der Waals surface area contributed by atoms with E-state index in [2.05, 4.69) is 0 Å². The number of ether oxygens (including phenoxy) is 2. The molecule has 0 saturated carbocycles. The fourth-order valence-electron chi connectivity index (χ4n) is 1.62. The molecule has 0 aliphatic heterocycles. The van der Waals surface area contributed by atoms with Gasteiger partial charge in [-0.05, 0) is 38.5 Å². The molecule has 18 heavy (non-hydrogen) atoms. The zero-order valence-corrected chi connectivity index (χ0v) is 11.1. The smallest absolute Gasteiger partial charge is 0.333 e. The number of aliphatic carboxylic acids is 1. The molecular weight excluding hydrogens is 232 g/mol. The van der Waals surface area contributed by atoms with Gasteiger partial charge in [0, 0.05) is 6.42 Å². The highest BCUT2D eigenvalue weighted by molar-refractivity contribution is 5.72. The summed E-state index contributed by atoms with van der Waals surface area (Å²) in [6.07, 6.45) is -0.545. The van der Waals surface area contributed by atoms with E-state index in [0.29, 0.717) is 13.0 Å². The van der Waals surface area contributed by atoms with Crippen LogP contribution in [0.5, 0.6) is 5.75 Å². The molecule has 0 aromatic heterocycles. The second kappa shape index (κ2) is 7.01. The molecule has 0 aliphatic carbocycles. The molecule has 0 saturated heterocycles. The molecule has 100 valence electrons. The van der Waals surface area contributed by atoms with Crippen molar-refractivity contribution < 1.29 is 19.4 Å². The van der Waals surface area contributed by atoms with Gasteiger partial charge < -0.3 is 14.6 Å². The number of carbonyl (C=O) groups is 1. The van der Waals surface area contributed by atoms with Crippen LogP contribution in [0.4, 0.5) is 0 Å². The monoisotopic (exact) mass is 252 g/mol. The molecule has 0 heterocycles. The summed E-state index contributed by atoms with van der Waals surface area (Å²) < 4.78 is 10.7. The lowest BCUT2D eigenvalue weighted by atomic mass is 10.1. The van der Waals surface area contributed by atoms with Crippen LogP contribution in [0.25, 0.3) is 0 Å². The maximum Gasteiger partial charge on any atom is 0.333 e. The van der Waals surface area contributed by atoms with Gasteiger partial charge in [0.15, 0.2) is 6.10 Å². The van der Waals surface area contributed by atoms with Crippen LogP contribution in [0.2, 0.25) is 0 Å². The second-order valence-electron chi connectivity index (χ2n) is 4.29. The van der Waals surface area contributed by atoms with Crippen molar-refractivity contribution in [1.29, 1.82) is 0 Å². The van der Waals surface area contributed by atoms with E-state index in [1.807, 2.05) is 45.0 Å². The Morgan fingerprint density at radius 1 is 1.28 bits per heavy atom. The Bertz CT molecular complexity index is 370. The van der Waals surface area contributed by atoms with Crippen molar-refractivity contribution in [2.45, 2.75) is 39.4 Å². The number of benzene rings is 1. The van der Waals surface area contributed by atoms with Gasteiger partial charge in [0.2, 0.25) is 0 Å². The number of hydrogen-bond acceptors (Lipinski definition) is 3. The van der Waals surface area contributed by atoms with Crippen molar-refractivity contribution in [1.82, 2.24) is 0 Å². The normalized spacial score (nSPS) is 12.4. The summed E-state index contributed by atoms with van der Waals surface area (Å²) in [6, 6.07) is 7.41. The molecule has 1 aromatic rings. The van der Waals surface area contributed by atoms with E-state index in [9.17, 15) is 4.79 Å². The highest BCUT2D eigenvalue weighted by Gasteiger charge is 2.19. The van der Waals surface area contributed by atoms with Gasteiger partial charge in [0.05, 0.1) is 12.7 Å². The maximum atomic E-state index is 11.1. The molecule has 1 rings (SSSR count). The lowest BCUT2D eigenvalue weighted by Gasteiger charge is -2.16. The van der Waals surface area contributed by atoms with Gasteiger partial charge in [0.1, 0.15) is 5.75 Å². The van der Waals surface area contributed by atoms with Crippen molar-refractivity contribution >= 4 is 5.97 Å². The predicted molar refractivity (Wildman–Crippen MR) is 69.0 cm³/mol. The van der Waals surface area contributed by atoms with Crippen molar-refractivity contribution in [3.05, 3.63) is 29.8 Å². The topological polar surface area (TPSA) is 55.8 Å². The van der Waals surface area contributed by atoms with Gasteiger partial charge in [-0.2, -0.15) is 0 Å². The zero-order chi connectivity index (χ0) is 13.5. The minimum atomic E-state index is -0.933. The number of carboxylic acids is 1. The number of hydrogen-bond donors (Lipinski definition) is 1. The average molecular weight is 252 g/mol. The Labute approximate surface area is 108 Å². The lowest BCUT2D eigenvalue weighted by Crippen LogP contribution is -2.29. The Balaban J connectivity index is 2.66. The summed E-state index contributed by atoms with van der Waals surface area (Å²) in [7, 11) is 0. The van der Waals surface area contributed by atoms with Gasteiger partial charge in [-0.15, -0.1) is 0 Å². The van der Waals surface area contributed by atoms with E-state index < -0.39 is 12.1 Å². The van der Waals surface area contributed by atoms with Gasteiger partial charge in [0.25, 0.3) is 0 Å². The summed E-state index contributed by atoms with van der Waals surface area (Å²) in [4.78, 5) is 11.1. The third-order valence-corrected chi connectivity index (χ3v) is 2.37. The Kier molecular flexibility index (Phi) is 5.65. The predicted octanol–water partition coefficient (Wildman–Crippen LogP) is 2.51. The summed E-state index contributed by atoms with van der Waals surface area (Å²) in [5.41, 5.74) is 0.923. The molecule has 1 aromatic carbocycles. The molecular formula is C14H20O4. The van der Waals surface area contributed by atoms with Gasteiger partial charge >= 0.3 is 5.97 Å². The average Bonchev–Trinajstić information content (AvgIpc) is 2.30. The van der Waals surface area contributed by atoms with Crippen molar-refractivity contribution in [3.63, 3.8) is 0 Å².